The molecule has 0 aromatic heterocycles. The van der Waals surface area contributed by atoms with E-state index >= 15 is 0 Å². The Hall–Kier alpha value is -0.0400. The Labute approximate surface area is 142 Å². The maximum absolute atomic E-state index is 3.65. The van der Waals surface area contributed by atoms with E-state index in [1.165, 1.54) is 103 Å². The van der Waals surface area contributed by atoms with Crippen LogP contribution in [-0.4, -0.2) is 12.1 Å². The molecule has 0 fully saturated rings. The van der Waals surface area contributed by atoms with Crippen LogP contribution in [0, 0.1) is 0 Å². The van der Waals surface area contributed by atoms with Crippen LogP contribution in [0.1, 0.15) is 124 Å². The third-order valence-corrected chi connectivity index (χ3v) is 5.02. The Morgan fingerprint density at radius 3 is 1.27 bits per heavy atom. The van der Waals surface area contributed by atoms with Crippen LogP contribution >= 0.6 is 0 Å². The topological polar surface area (TPSA) is 12.0 Å². The van der Waals surface area contributed by atoms with E-state index in [4.69, 9.17) is 0 Å². The third-order valence-electron chi connectivity index (χ3n) is 5.02. The molecule has 0 aromatic rings. The fourth-order valence-corrected chi connectivity index (χ4v) is 2.87. The highest BCUT2D eigenvalue weighted by Crippen LogP contribution is 2.13. The Morgan fingerprint density at radius 1 is 0.545 bits per heavy atom. The van der Waals surface area contributed by atoms with Crippen LogP contribution in [0.2, 0.25) is 0 Å². The molecule has 0 unspecified atom stereocenters. The molecule has 1 heteroatoms. The first-order valence-electron chi connectivity index (χ1n) is 10.4. The molecule has 0 aromatic carbocycles. The first-order chi connectivity index (χ1) is 10.6. The fourth-order valence-electron chi connectivity index (χ4n) is 2.87. The van der Waals surface area contributed by atoms with E-state index in [0.29, 0.717) is 5.54 Å². The van der Waals surface area contributed by atoms with Crippen molar-refractivity contribution in [3.05, 3.63) is 0 Å². The predicted octanol–water partition coefficient (Wildman–Crippen LogP) is 7.25. The molecule has 0 spiro atoms. The van der Waals surface area contributed by atoms with Crippen LogP contribution in [0.25, 0.3) is 0 Å². The average molecular weight is 312 g/mol. The van der Waals surface area contributed by atoms with Crippen molar-refractivity contribution in [3.8, 4) is 0 Å². The highest BCUT2D eigenvalue weighted by atomic mass is 14.9. The number of hydrogen-bond donors (Lipinski definition) is 1. The summed E-state index contributed by atoms with van der Waals surface area (Å²) in [6, 6.07) is 0. The summed E-state index contributed by atoms with van der Waals surface area (Å²) in [5, 5.41) is 3.65. The molecule has 0 bridgehead atoms. The number of rotatable bonds is 17. The Kier molecular flexibility index (Phi) is 15.8. The zero-order chi connectivity index (χ0) is 16.5. The van der Waals surface area contributed by atoms with Gasteiger partial charge in [0, 0.05) is 5.54 Å². The van der Waals surface area contributed by atoms with Gasteiger partial charge < -0.3 is 5.32 Å². The monoisotopic (exact) mass is 311 g/mol. The second-order valence-electron chi connectivity index (χ2n) is 7.76. The molecule has 0 aliphatic rings. The van der Waals surface area contributed by atoms with Crippen molar-refractivity contribution in [3.63, 3.8) is 0 Å². The van der Waals surface area contributed by atoms with Crippen LogP contribution in [0.15, 0.2) is 0 Å². The molecule has 134 valence electrons. The zero-order valence-corrected chi connectivity index (χ0v) is 16.3. The second kappa shape index (κ2) is 15.8. The summed E-state index contributed by atoms with van der Waals surface area (Å²) < 4.78 is 0. The summed E-state index contributed by atoms with van der Waals surface area (Å²) in [5.74, 6) is 0. The molecule has 0 saturated heterocycles. The number of unbranched alkanes of at least 4 members (excludes halogenated alkanes) is 13. The van der Waals surface area contributed by atoms with Gasteiger partial charge in [-0.1, -0.05) is 97.3 Å². The lowest BCUT2D eigenvalue weighted by atomic mass is 10.0. The standard InChI is InChI=1S/C21H45N/c1-5-7-8-9-10-11-12-13-14-15-16-17-18-19-20-22-21(3,4)6-2/h22H,5-20H2,1-4H3. The molecular weight excluding hydrogens is 266 g/mol. The van der Waals surface area contributed by atoms with Crippen LogP contribution in [0.3, 0.4) is 0 Å². The van der Waals surface area contributed by atoms with Crippen LogP contribution in [0.4, 0.5) is 0 Å². The minimum absolute atomic E-state index is 0.330. The van der Waals surface area contributed by atoms with Crippen molar-refractivity contribution in [2.45, 2.75) is 130 Å². The second-order valence-corrected chi connectivity index (χ2v) is 7.76. The van der Waals surface area contributed by atoms with Crippen LogP contribution in [0.5, 0.6) is 0 Å². The van der Waals surface area contributed by atoms with E-state index in [1.807, 2.05) is 0 Å². The highest BCUT2D eigenvalue weighted by molar-refractivity contribution is 4.74. The maximum Gasteiger partial charge on any atom is 0.0122 e. The zero-order valence-electron chi connectivity index (χ0n) is 16.3. The minimum atomic E-state index is 0.330. The molecule has 0 saturated carbocycles. The van der Waals surface area contributed by atoms with Gasteiger partial charge in [-0.25, -0.2) is 0 Å². The molecule has 0 radical (unpaired) electrons. The molecule has 0 heterocycles. The molecular formula is C21H45N. The molecule has 0 aliphatic carbocycles. The van der Waals surface area contributed by atoms with E-state index in [9.17, 15) is 0 Å². The summed E-state index contributed by atoms with van der Waals surface area (Å²) in [6.07, 6.45) is 21.4. The van der Waals surface area contributed by atoms with E-state index in [0.717, 1.165) is 0 Å². The Balaban J connectivity index is 3.06. The number of hydrogen-bond acceptors (Lipinski definition) is 1. The van der Waals surface area contributed by atoms with Crippen molar-refractivity contribution in [1.29, 1.82) is 0 Å². The van der Waals surface area contributed by atoms with Crippen molar-refractivity contribution in [1.82, 2.24) is 5.32 Å². The normalized spacial score (nSPS) is 12.0. The minimum Gasteiger partial charge on any atom is -0.312 e. The molecule has 1 N–H and O–H groups in total. The molecule has 22 heavy (non-hydrogen) atoms. The fraction of sp³-hybridized carbons (Fsp3) is 1.00. The van der Waals surface area contributed by atoms with Crippen molar-refractivity contribution >= 4 is 0 Å². The third kappa shape index (κ3) is 16.3. The largest absolute Gasteiger partial charge is 0.312 e. The van der Waals surface area contributed by atoms with Gasteiger partial charge >= 0.3 is 0 Å². The Morgan fingerprint density at radius 2 is 0.909 bits per heavy atom. The molecule has 0 amide bonds. The SMILES string of the molecule is CCCCCCCCCCCCCCCCNC(C)(C)CC. The number of nitrogens with one attached hydrogen (secondary N) is 1. The summed E-state index contributed by atoms with van der Waals surface area (Å²) in [5.41, 5.74) is 0.330. The first kappa shape index (κ1) is 22.0. The van der Waals surface area contributed by atoms with E-state index in [1.54, 1.807) is 0 Å². The molecule has 0 rings (SSSR count). The van der Waals surface area contributed by atoms with Gasteiger partial charge in [0.2, 0.25) is 0 Å². The van der Waals surface area contributed by atoms with Crippen LogP contribution < -0.4 is 5.32 Å². The van der Waals surface area contributed by atoms with Gasteiger partial charge in [-0.05, 0) is 33.2 Å². The molecule has 0 atom stereocenters. The summed E-state index contributed by atoms with van der Waals surface area (Å²) in [4.78, 5) is 0. The highest BCUT2D eigenvalue weighted by Gasteiger charge is 2.12. The lowest BCUT2D eigenvalue weighted by Gasteiger charge is -2.24. The van der Waals surface area contributed by atoms with Gasteiger partial charge in [0.25, 0.3) is 0 Å². The van der Waals surface area contributed by atoms with Gasteiger partial charge in [0.1, 0.15) is 0 Å². The summed E-state index contributed by atoms with van der Waals surface area (Å²) in [6.45, 7) is 10.4. The molecule has 1 nitrogen and oxygen atoms in total. The van der Waals surface area contributed by atoms with Gasteiger partial charge in [0.15, 0.2) is 0 Å². The average Bonchev–Trinajstić information content (AvgIpc) is 2.51. The summed E-state index contributed by atoms with van der Waals surface area (Å²) >= 11 is 0. The van der Waals surface area contributed by atoms with Gasteiger partial charge in [-0.15, -0.1) is 0 Å². The first-order valence-corrected chi connectivity index (χ1v) is 10.4. The van der Waals surface area contributed by atoms with Crippen molar-refractivity contribution in [2.24, 2.45) is 0 Å². The quantitative estimate of drug-likeness (QED) is 0.279. The van der Waals surface area contributed by atoms with E-state index in [-0.39, 0.29) is 0 Å². The lowest BCUT2D eigenvalue weighted by Crippen LogP contribution is -2.38. The van der Waals surface area contributed by atoms with Crippen molar-refractivity contribution < 1.29 is 0 Å². The van der Waals surface area contributed by atoms with Crippen molar-refractivity contribution in [2.75, 3.05) is 6.54 Å². The van der Waals surface area contributed by atoms with E-state index < -0.39 is 0 Å². The maximum atomic E-state index is 3.65. The lowest BCUT2D eigenvalue weighted by molar-refractivity contribution is 0.370. The van der Waals surface area contributed by atoms with E-state index in [2.05, 4.69) is 33.0 Å². The smallest absolute Gasteiger partial charge is 0.0122 e. The van der Waals surface area contributed by atoms with Crippen LogP contribution in [-0.2, 0) is 0 Å². The van der Waals surface area contributed by atoms with Gasteiger partial charge in [0.05, 0.1) is 0 Å². The van der Waals surface area contributed by atoms with Gasteiger partial charge in [-0.2, -0.15) is 0 Å². The predicted molar refractivity (Wildman–Crippen MR) is 103 cm³/mol. The summed E-state index contributed by atoms with van der Waals surface area (Å²) in [7, 11) is 0. The van der Waals surface area contributed by atoms with Gasteiger partial charge in [-0.3, -0.25) is 0 Å². The molecule has 0 aliphatic heterocycles. The Bertz CT molecular complexity index is 210.